The van der Waals surface area contributed by atoms with Gasteiger partial charge < -0.3 is 19.5 Å². The van der Waals surface area contributed by atoms with Crippen molar-refractivity contribution in [2.24, 2.45) is 0 Å². The Hall–Kier alpha value is -3.40. The van der Waals surface area contributed by atoms with Crippen molar-refractivity contribution in [3.05, 3.63) is 52.9 Å². The molecule has 0 bridgehead atoms. The summed E-state index contributed by atoms with van der Waals surface area (Å²) in [5.74, 6) is 1.70. The van der Waals surface area contributed by atoms with Gasteiger partial charge in [0.15, 0.2) is 11.5 Å². The number of nitrogens with one attached hydrogen (secondary N) is 2. The van der Waals surface area contributed by atoms with Crippen molar-refractivity contribution in [1.29, 1.82) is 0 Å². The molecule has 0 fully saturated rings. The van der Waals surface area contributed by atoms with Gasteiger partial charge in [0.05, 0.1) is 12.4 Å². The van der Waals surface area contributed by atoms with Crippen molar-refractivity contribution in [1.82, 2.24) is 5.27 Å². The Morgan fingerprint density at radius 2 is 1.94 bits per heavy atom. The van der Waals surface area contributed by atoms with E-state index in [0.29, 0.717) is 48.3 Å². The molecule has 1 aliphatic heterocycles. The first-order valence-electron chi connectivity index (χ1n) is 9.74. The molecular formula is C21H22N3O6S+. The van der Waals surface area contributed by atoms with Gasteiger partial charge in [0.2, 0.25) is 11.6 Å². The van der Waals surface area contributed by atoms with Crippen molar-refractivity contribution in [2.45, 2.75) is 23.6 Å². The summed E-state index contributed by atoms with van der Waals surface area (Å²) >= 11 is 1.14. The van der Waals surface area contributed by atoms with E-state index in [4.69, 9.17) is 18.7 Å². The predicted octanol–water partition coefficient (Wildman–Crippen LogP) is 2.53. The van der Waals surface area contributed by atoms with E-state index in [0.717, 1.165) is 11.8 Å². The maximum atomic E-state index is 12.9. The van der Waals surface area contributed by atoms with Gasteiger partial charge >= 0.3 is 10.7 Å². The van der Waals surface area contributed by atoms with Crippen molar-refractivity contribution < 1.29 is 28.2 Å². The summed E-state index contributed by atoms with van der Waals surface area (Å²) in [4.78, 5) is 25.2. The molecule has 0 aliphatic carbocycles. The Bertz CT molecular complexity index is 1120. The minimum absolute atomic E-state index is 0.231. The normalized spacial score (nSPS) is 13.5. The van der Waals surface area contributed by atoms with E-state index >= 15 is 0 Å². The summed E-state index contributed by atoms with van der Waals surface area (Å²) in [6.07, 6.45) is 0.508. The highest BCUT2D eigenvalue weighted by atomic mass is 32.2. The Labute approximate surface area is 182 Å². The van der Waals surface area contributed by atoms with Gasteiger partial charge in [-0.1, -0.05) is 6.92 Å². The molecule has 4 rings (SSSR count). The van der Waals surface area contributed by atoms with E-state index in [1.165, 1.54) is 4.68 Å². The molecule has 162 valence electrons. The van der Waals surface area contributed by atoms with Gasteiger partial charge in [-0.3, -0.25) is 9.32 Å². The summed E-state index contributed by atoms with van der Waals surface area (Å²) in [6.45, 7) is 2.85. The number of nitrogens with zero attached hydrogens (tertiary/aromatic N) is 1. The lowest BCUT2D eigenvalue weighted by Crippen LogP contribution is -2.37. The Morgan fingerprint density at radius 1 is 1.19 bits per heavy atom. The van der Waals surface area contributed by atoms with Crippen LogP contribution in [0.15, 0.2) is 56.8 Å². The number of thioether (sulfide) groups is 1. The van der Waals surface area contributed by atoms with Crippen LogP contribution in [0.3, 0.4) is 0 Å². The zero-order valence-electron chi connectivity index (χ0n) is 17.0. The molecule has 0 radical (unpaired) electrons. The van der Waals surface area contributed by atoms with Crippen molar-refractivity contribution in [2.75, 3.05) is 25.6 Å². The second-order valence-corrected chi connectivity index (χ2v) is 7.87. The highest BCUT2D eigenvalue weighted by molar-refractivity contribution is 8.00. The lowest BCUT2D eigenvalue weighted by molar-refractivity contribution is -0.704. The van der Waals surface area contributed by atoms with Crippen LogP contribution in [0.1, 0.15) is 13.3 Å². The van der Waals surface area contributed by atoms with Crippen LogP contribution >= 0.6 is 11.8 Å². The molecule has 3 aromatic rings. The molecule has 1 amide bonds. The maximum Gasteiger partial charge on any atom is 0.442 e. The first-order chi connectivity index (χ1) is 15.1. The summed E-state index contributed by atoms with van der Waals surface area (Å²) in [6, 6.07) is 12.4. The van der Waals surface area contributed by atoms with Crippen LogP contribution in [0.4, 0.5) is 5.69 Å². The van der Waals surface area contributed by atoms with Gasteiger partial charge in [0.25, 0.3) is 0 Å². The molecule has 9 nitrogen and oxygen atoms in total. The third-order valence-electron chi connectivity index (χ3n) is 4.66. The van der Waals surface area contributed by atoms with E-state index < -0.39 is 10.9 Å². The number of methoxy groups -OCH3 is 1. The summed E-state index contributed by atoms with van der Waals surface area (Å²) in [5.41, 5.74) is 0.722. The Balaban J connectivity index is 1.52. The van der Waals surface area contributed by atoms with Crippen LogP contribution < -0.4 is 29.8 Å². The molecule has 31 heavy (non-hydrogen) atoms. The van der Waals surface area contributed by atoms with E-state index in [-0.39, 0.29) is 10.9 Å². The average Bonchev–Trinajstić information content (AvgIpc) is 3.17. The monoisotopic (exact) mass is 444 g/mol. The molecule has 1 unspecified atom stereocenters. The first kappa shape index (κ1) is 20.9. The smallest absolute Gasteiger partial charge is 0.442 e. The molecule has 2 N–H and O–H groups in total. The number of fused-ring (bicyclic) bond motifs is 1. The third-order valence-corrected chi connectivity index (χ3v) is 6.07. The van der Waals surface area contributed by atoms with Gasteiger partial charge in [-0.05, 0) is 52.4 Å². The van der Waals surface area contributed by atoms with Gasteiger partial charge in [-0.15, -0.1) is 0 Å². The number of carbonyl (C=O) groups excluding carboxylic acids is 1. The standard InChI is InChI=1S/C21H21N3O6S/c1-3-18(19(25)22-13-4-9-16-17(12-13)29-11-10-28-16)31-20-21(26)30-23-24(20)14-5-7-15(27-2)8-6-14/h4-9,12,18H,3,10-11H2,1-2H3,(H-,22,23,25,26)/p+1. The Kier molecular flexibility index (Phi) is 6.17. The first-order valence-corrected chi connectivity index (χ1v) is 10.6. The van der Waals surface area contributed by atoms with Crippen LogP contribution in [-0.2, 0) is 4.79 Å². The minimum Gasteiger partial charge on any atom is -0.497 e. The fourth-order valence-corrected chi connectivity index (χ4v) is 4.05. The average molecular weight is 444 g/mol. The number of amides is 1. The highest BCUT2D eigenvalue weighted by Crippen LogP contribution is 2.33. The summed E-state index contributed by atoms with van der Waals surface area (Å²) < 4.78 is 22.7. The molecule has 10 heteroatoms. The van der Waals surface area contributed by atoms with E-state index in [9.17, 15) is 9.59 Å². The van der Waals surface area contributed by atoms with Crippen LogP contribution in [0, 0.1) is 0 Å². The molecule has 1 aromatic heterocycles. The number of carbonyl (C=O) groups is 1. The highest BCUT2D eigenvalue weighted by Gasteiger charge is 2.30. The largest absolute Gasteiger partial charge is 0.497 e. The summed E-state index contributed by atoms with van der Waals surface area (Å²) in [5, 5.41) is 5.23. The predicted molar refractivity (Wildman–Crippen MR) is 113 cm³/mol. The minimum atomic E-state index is -0.550. The number of aromatic nitrogens is 2. The number of hydrogen-bond acceptors (Lipinski definition) is 7. The van der Waals surface area contributed by atoms with E-state index in [1.54, 1.807) is 49.6 Å². The molecule has 2 heterocycles. The molecule has 0 spiro atoms. The number of hydrogen-bond donors (Lipinski definition) is 2. The van der Waals surface area contributed by atoms with E-state index in [2.05, 4.69) is 10.6 Å². The zero-order chi connectivity index (χ0) is 21.8. The molecule has 1 aliphatic rings. The van der Waals surface area contributed by atoms with Gasteiger partial charge in [-0.2, -0.15) is 0 Å². The number of anilines is 1. The number of rotatable bonds is 7. The number of benzene rings is 2. The van der Waals surface area contributed by atoms with Crippen LogP contribution in [0.2, 0.25) is 0 Å². The van der Waals surface area contributed by atoms with E-state index in [1.807, 2.05) is 6.92 Å². The summed E-state index contributed by atoms with van der Waals surface area (Å²) in [7, 11) is 1.58. The molecule has 0 saturated carbocycles. The maximum absolute atomic E-state index is 12.9. The second kappa shape index (κ2) is 9.17. The fraction of sp³-hybridized carbons (Fsp3) is 0.286. The van der Waals surface area contributed by atoms with Crippen LogP contribution in [0.5, 0.6) is 17.2 Å². The molecule has 2 aromatic carbocycles. The van der Waals surface area contributed by atoms with Crippen molar-refractivity contribution in [3.8, 4) is 22.9 Å². The van der Waals surface area contributed by atoms with Crippen LogP contribution in [0.25, 0.3) is 5.69 Å². The van der Waals surface area contributed by atoms with Crippen molar-refractivity contribution in [3.63, 3.8) is 0 Å². The van der Waals surface area contributed by atoms with Gasteiger partial charge in [-0.25, -0.2) is 4.79 Å². The topological polar surface area (TPSA) is 107 Å². The quantitative estimate of drug-likeness (QED) is 0.426. The fourth-order valence-electron chi connectivity index (χ4n) is 3.07. The molecule has 1 atom stereocenters. The number of H-pyrrole nitrogens is 1. The van der Waals surface area contributed by atoms with Gasteiger partial charge in [0.1, 0.15) is 19.0 Å². The SMILES string of the molecule is CCC(Sc1c(=O)o[nH][n+]1-c1ccc(OC)cc1)C(=O)Nc1ccc2c(c1)OCCO2. The molecular weight excluding hydrogens is 422 g/mol. The Morgan fingerprint density at radius 3 is 2.65 bits per heavy atom. The second-order valence-electron chi connectivity index (χ2n) is 6.68. The lowest BCUT2D eigenvalue weighted by Gasteiger charge is -2.19. The molecule has 0 saturated heterocycles. The van der Waals surface area contributed by atoms with Crippen molar-refractivity contribution >= 4 is 23.4 Å². The van der Waals surface area contributed by atoms with Crippen LogP contribution in [-0.4, -0.2) is 36.8 Å². The third kappa shape index (κ3) is 4.53. The zero-order valence-corrected chi connectivity index (χ0v) is 17.9. The number of aromatic amines is 1. The lowest BCUT2D eigenvalue weighted by atomic mass is 10.2. The van der Waals surface area contributed by atoms with Gasteiger partial charge in [0, 0.05) is 23.9 Å². The number of ether oxygens (including phenoxy) is 3.